The molecule has 6 nitrogen and oxygen atoms in total. The third-order valence-electron chi connectivity index (χ3n) is 5.94. The van der Waals surface area contributed by atoms with Gasteiger partial charge in [0.2, 0.25) is 0 Å². The molecule has 0 spiro atoms. The highest BCUT2D eigenvalue weighted by Crippen LogP contribution is 2.59. The Bertz CT molecular complexity index is 828. The van der Waals surface area contributed by atoms with Gasteiger partial charge in [0.15, 0.2) is 0 Å². The van der Waals surface area contributed by atoms with Crippen LogP contribution < -0.4 is 0 Å². The summed E-state index contributed by atoms with van der Waals surface area (Å²) in [6.07, 6.45) is -34.2. The lowest BCUT2D eigenvalue weighted by Crippen LogP contribution is -2.67. The Morgan fingerprint density at radius 1 is 0.575 bits per heavy atom. The Balaban J connectivity index is 3.56. The summed E-state index contributed by atoms with van der Waals surface area (Å²) in [5.41, 5.74) is -13.7. The van der Waals surface area contributed by atoms with Crippen molar-refractivity contribution in [2.75, 3.05) is 0 Å². The summed E-state index contributed by atoms with van der Waals surface area (Å²) in [6.45, 7) is 3.57. The molecule has 0 heterocycles. The number of alkyl halides is 12. The SMILES string of the molecule is CC(C)(C)OC(=O)OC(C1CCC(C(OC(O)OC(C)(C)C)(C(F)(F)F)C(F)(F)F)CC1)(C(F)(F)F)C(F)(F)F. The first-order valence-corrected chi connectivity index (χ1v) is 11.6. The lowest BCUT2D eigenvalue weighted by Gasteiger charge is -2.48. The highest BCUT2D eigenvalue weighted by molar-refractivity contribution is 5.61. The van der Waals surface area contributed by atoms with Gasteiger partial charge in [-0.25, -0.2) is 4.79 Å². The second-order valence-corrected chi connectivity index (χ2v) is 11.2. The molecule has 1 atom stereocenters. The molecule has 0 aromatic carbocycles. The fourth-order valence-electron chi connectivity index (χ4n) is 4.47. The van der Waals surface area contributed by atoms with Crippen molar-refractivity contribution in [1.82, 2.24) is 0 Å². The minimum atomic E-state index is -6.40. The van der Waals surface area contributed by atoms with E-state index in [0.717, 1.165) is 41.5 Å². The standard InChI is InChI=1S/C22H30F12O6/c1-15(2,3)37-13(35)39-17(19(23,24)25,20(26,27)28)11-7-9-12(10-8-11)18(21(29,30)31,22(32,33)34)40-14(36)38-16(4,5)6/h11-13,35H,7-10H2,1-6H3. The van der Waals surface area contributed by atoms with Crippen molar-refractivity contribution in [3.8, 4) is 0 Å². The van der Waals surface area contributed by atoms with Gasteiger partial charge in [0.25, 0.3) is 12.1 Å². The van der Waals surface area contributed by atoms with Crippen molar-refractivity contribution in [3.05, 3.63) is 0 Å². The molecule has 0 radical (unpaired) electrons. The molecule has 0 aromatic rings. The van der Waals surface area contributed by atoms with Crippen LogP contribution in [0.3, 0.4) is 0 Å². The van der Waals surface area contributed by atoms with Crippen molar-refractivity contribution in [2.45, 2.75) is 121 Å². The van der Waals surface area contributed by atoms with E-state index in [0.29, 0.717) is 0 Å². The zero-order valence-corrected chi connectivity index (χ0v) is 22.1. The summed E-state index contributed by atoms with van der Waals surface area (Å²) in [6, 6.07) is 0. The number of rotatable bonds is 6. The van der Waals surface area contributed by atoms with Crippen LogP contribution in [0.25, 0.3) is 0 Å². The van der Waals surface area contributed by atoms with Gasteiger partial charge >= 0.3 is 36.5 Å². The van der Waals surface area contributed by atoms with Crippen LogP contribution in [0.15, 0.2) is 0 Å². The first-order chi connectivity index (χ1) is 17.4. The van der Waals surface area contributed by atoms with Gasteiger partial charge in [-0.1, -0.05) is 0 Å². The molecular formula is C22H30F12O6. The summed E-state index contributed by atoms with van der Waals surface area (Å²) in [5.74, 6) is -5.67. The highest BCUT2D eigenvalue weighted by Gasteiger charge is 2.80. The quantitative estimate of drug-likeness (QED) is 0.188. The average molecular weight is 618 g/mol. The summed E-state index contributed by atoms with van der Waals surface area (Å²) in [7, 11) is 0. The van der Waals surface area contributed by atoms with Crippen LogP contribution in [0.2, 0.25) is 0 Å². The number of halogens is 12. The van der Waals surface area contributed by atoms with Gasteiger partial charge in [-0.15, -0.1) is 0 Å². The Kier molecular flexibility index (Phi) is 10.2. The van der Waals surface area contributed by atoms with Crippen LogP contribution in [0.4, 0.5) is 57.5 Å². The Hall–Kier alpha value is -1.69. The van der Waals surface area contributed by atoms with Crippen molar-refractivity contribution in [3.63, 3.8) is 0 Å². The van der Waals surface area contributed by atoms with E-state index >= 15 is 0 Å². The van der Waals surface area contributed by atoms with E-state index in [1.807, 2.05) is 0 Å². The minimum Gasteiger partial charge on any atom is -0.429 e. The van der Waals surface area contributed by atoms with E-state index in [2.05, 4.69) is 18.9 Å². The topological polar surface area (TPSA) is 74.2 Å². The monoisotopic (exact) mass is 618 g/mol. The van der Waals surface area contributed by atoms with Gasteiger partial charge in [0, 0.05) is 11.8 Å². The van der Waals surface area contributed by atoms with Gasteiger partial charge in [0.1, 0.15) is 5.60 Å². The summed E-state index contributed by atoms with van der Waals surface area (Å²) in [5, 5.41) is 9.75. The smallest absolute Gasteiger partial charge is 0.429 e. The number of hydrogen-bond donors (Lipinski definition) is 1. The molecule has 1 N–H and O–H groups in total. The van der Waals surface area contributed by atoms with E-state index in [-0.39, 0.29) is 0 Å². The number of hydrogen-bond acceptors (Lipinski definition) is 6. The first-order valence-electron chi connectivity index (χ1n) is 11.6. The van der Waals surface area contributed by atoms with Gasteiger partial charge in [-0.05, 0) is 67.2 Å². The number of ether oxygens (including phenoxy) is 4. The van der Waals surface area contributed by atoms with E-state index < -0.39 is 97.3 Å². The maximum atomic E-state index is 14.0. The molecule has 238 valence electrons. The highest BCUT2D eigenvalue weighted by atomic mass is 19.4. The molecule has 0 aliphatic heterocycles. The zero-order valence-electron chi connectivity index (χ0n) is 22.1. The van der Waals surface area contributed by atoms with Crippen LogP contribution in [0, 0.1) is 11.8 Å². The van der Waals surface area contributed by atoms with Gasteiger partial charge in [-0.2, -0.15) is 52.7 Å². The second-order valence-electron chi connectivity index (χ2n) is 11.2. The molecule has 18 heteroatoms. The van der Waals surface area contributed by atoms with E-state index in [9.17, 15) is 62.6 Å². The molecule has 1 unspecified atom stereocenters. The molecule has 0 aromatic heterocycles. The fourth-order valence-corrected chi connectivity index (χ4v) is 4.47. The van der Waals surface area contributed by atoms with Gasteiger partial charge < -0.3 is 24.1 Å². The molecule has 0 bridgehead atoms. The molecule has 0 amide bonds. The number of carbonyl (C=O) groups excluding carboxylic acids is 1. The van der Waals surface area contributed by atoms with Crippen LogP contribution >= 0.6 is 0 Å². The summed E-state index contributed by atoms with van der Waals surface area (Å²) < 4.78 is 185. The van der Waals surface area contributed by atoms with Crippen LogP contribution in [-0.2, 0) is 18.9 Å². The summed E-state index contributed by atoms with van der Waals surface area (Å²) >= 11 is 0. The Labute approximate surface area is 221 Å². The molecule has 1 saturated carbocycles. The number of aliphatic hydroxyl groups is 1. The van der Waals surface area contributed by atoms with Crippen molar-refractivity contribution in [2.24, 2.45) is 11.8 Å². The molecule has 40 heavy (non-hydrogen) atoms. The minimum absolute atomic E-state index is 1.09. The van der Waals surface area contributed by atoms with E-state index in [1.165, 1.54) is 0 Å². The number of carbonyl (C=O) groups is 1. The van der Waals surface area contributed by atoms with E-state index in [1.54, 1.807) is 0 Å². The lowest BCUT2D eigenvalue weighted by atomic mass is 9.67. The maximum absolute atomic E-state index is 14.0. The predicted octanol–water partition coefficient (Wildman–Crippen LogP) is 7.58. The lowest BCUT2D eigenvalue weighted by molar-refractivity contribution is -0.459. The van der Waals surface area contributed by atoms with Crippen molar-refractivity contribution in [1.29, 1.82) is 0 Å². The van der Waals surface area contributed by atoms with Crippen LogP contribution in [0.5, 0.6) is 0 Å². The van der Waals surface area contributed by atoms with Crippen molar-refractivity contribution >= 4 is 6.16 Å². The Morgan fingerprint density at radius 3 is 1.18 bits per heavy atom. The fraction of sp³-hybridized carbons (Fsp3) is 0.955. The molecular weight excluding hydrogens is 588 g/mol. The summed E-state index contributed by atoms with van der Waals surface area (Å²) in [4.78, 5) is 11.9. The van der Waals surface area contributed by atoms with Gasteiger partial charge in [0.05, 0.1) is 5.60 Å². The predicted molar refractivity (Wildman–Crippen MR) is 110 cm³/mol. The van der Waals surface area contributed by atoms with Crippen LogP contribution in [-0.4, -0.2) is 64.8 Å². The molecule has 0 saturated heterocycles. The first kappa shape index (κ1) is 36.3. The third-order valence-corrected chi connectivity index (χ3v) is 5.94. The third kappa shape index (κ3) is 7.77. The van der Waals surface area contributed by atoms with E-state index in [4.69, 9.17) is 0 Å². The zero-order chi connectivity index (χ0) is 32.0. The molecule has 1 aliphatic carbocycles. The normalized spacial score (nSPS) is 21.7. The van der Waals surface area contributed by atoms with Crippen LogP contribution in [0.1, 0.15) is 67.2 Å². The largest absolute Gasteiger partial charge is 0.510 e. The molecule has 1 rings (SSSR count). The molecule has 1 fully saturated rings. The van der Waals surface area contributed by atoms with Gasteiger partial charge in [-0.3, -0.25) is 0 Å². The number of aliphatic hydroxyl groups excluding tert-OH is 1. The molecule has 1 aliphatic rings. The second kappa shape index (κ2) is 11.2. The maximum Gasteiger partial charge on any atom is 0.510 e. The van der Waals surface area contributed by atoms with Crippen molar-refractivity contribution < 1.29 is 81.5 Å². The Morgan fingerprint density at radius 2 is 0.900 bits per heavy atom. The average Bonchev–Trinajstić information content (AvgIpc) is 2.64.